The number of likely N-dealkylation sites (tertiary alicyclic amines) is 1. The van der Waals surface area contributed by atoms with Crippen molar-refractivity contribution in [3.05, 3.63) is 68.1 Å². The Kier molecular flexibility index (Phi) is 5.08. The third kappa shape index (κ3) is 3.14. The number of guanidine groups is 1. The van der Waals surface area contributed by atoms with Gasteiger partial charge in [-0.05, 0) is 23.5 Å². The van der Waals surface area contributed by atoms with E-state index in [0.717, 1.165) is 36.2 Å². The molecule has 1 saturated heterocycles. The molecule has 34 heavy (non-hydrogen) atoms. The van der Waals surface area contributed by atoms with Gasteiger partial charge in [0.25, 0.3) is 0 Å². The third-order valence-electron chi connectivity index (χ3n) is 7.14. The maximum atomic E-state index is 16.4. The van der Waals surface area contributed by atoms with E-state index in [0.29, 0.717) is 46.0 Å². The van der Waals surface area contributed by atoms with Crippen LogP contribution in [0.5, 0.6) is 0 Å². The highest BCUT2D eigenvalue weighted by atomic mass is 32.2. The highest BCUT2D eigenvalue weighted by molar-refractivity contribution is 8.03. The summed E-state index contributed by atoms with van der Waals surface area (Å²) in [5.74, 6) is 0.647. The lowest BCUT2D eigenvalue weighted by Gasteiger charge is -2.37. The number of dihydropyridines is 1. The van der Waals surface area contributed by atoms with Gasteiger partial charge in [0.05, 0.1) is 29.7 Å². The molecule has 0 aromatic heterocycles. The molecule has 6 aliphatic rings. The van der Waals surface area contributed by atoms with E-state index in [2.05, 4.69) is 28.5 Å². The zero-order chi connectivity index (χ0) is 23.6. The highest BCUT2D eigenvalue weighted by Gasteiger charge is 2.44. The van der Waals surface area contributed by atoms with Crippen molar-refractivity contribution in [3.63, 3.8) is 0 Å². The molecule has 5 aliphatic heterocycles. The zero-order valence-corrected chi connectivity index (χ0v) is 19.4. The number of nitriles is 1. The maximum Gasteiger partial charge on any atom is 0.199 e. The summed E-state index contributed by atoms with van der Waals surface area (Å²) in [5.41, 5.74) is 9.82. The summed E-state index contributed by atoms with van der Waals surface area (Å²) in [6, 6.07) is 0.550. The molecule has 1 fully saturated rings. The van der Waals surface area contributed by atoms with Crippen LogP contribution in [0.4, 0.5) is 8.78 Å². The van der Waals surface area contributed by atoms with Crippen molar-refractivity contribution in [2.45, 2.75) is 25.4 Å². The van der Waals surface area contributed by atoms with Crippen molar-refractivity contribution >= 4 is 17.7 Å². The number of nitrogens with one attached hydrogen (secondary N) is 2. The lowest BCUT2D eigenvalue weighted by Crippen LogP contribution is -2.44. The Labute approximate surface area is 200 Å². The van der Waals surface area contributed by atoms with E-state index in [4.69, 9.17) is 15.5 Å². The fourth-order valence-electron chi connectivity index (χ4n) is 5.45. The second kappa shape index (κ2) is 8.03. The first kappa shape index (κ1) is 21.5. The molecule has 0 bridgehead atoms. The van der Waals surface area contributed by atoms with Gasteiger partial charge in [-0.15, -0.1) is 11.8 Å². The fourth-order valence-corrected chi connectivity index (χ4v) is 6.47. The fraction of sp³-hybridized carbons (Fsp3) is 0.417. The molecular weight excluding hydrogens is 458 g/mol. The topological polar surface area (TPSA) is 98.7 Å². The van der Waals surface area contributed by atoms with Gasteiger partial charge < -0.3 is 26.0 Å². The van der Waals surface area contributed by atoms with E-state index in [1.54, 1.807) is 0 Å². The molecule has 3 atom stereocenters. The van der Waals surface area contributed by atoms with Crippen molar-refractivity contribution in [2.75, 3.05) is 32.1 Å². The number of hydrogen-bond donors (Lipinski definition) is 3. The van der Waals surface area contributed by atoms with E-state index in [9.17, 15) is 9.65 Å². The number of rotatable bonds is 1. The monoisotopic (exact) mass is 482 g/mol. The number of thioether (sulfide) groups is 1. The molecule has 0 spiro atoms. The SMILES string of the molecule is CC1CCN(C2=NC3C(=CN2)C2=C(COC2)C(C2NC=C(F)C4=C2C(C#N)=C(N)CS4)=C3F)C1. The number of fused-ring (bicyclic) bond motifs is 2. The molecule has 10 heteroatoms. The predicted octanol–water partition coefficient (Wildman–Crippen LogP) is 2.62. The zero-order valence-electron chi connectivity index (χ0n) is 18.6. The average molecular weight is 483 g/mol. The van der Waals surface area contributed by atoms with Gasteiger partial charge in [0.1, 0.15) is 17.9 Å². The van der Waals surface area contributed by atoms with Gasteiger partial charge in [-0.1, -0.05) is 6.92 Å². The number of aliphatic imine (C=N–C) groups is 1. The minimum Gasteiger partial charge on any atom is -0.400 e. The molecular formula is C24H24F2N6OS. The van der Waals surface area contributed by atoms with E-state index in [1.807, 2.05) is 6.20 Å². The highest BCUT2D eigenvalue weighted by Crippen LogP contribution is 2.48. The van der Waals surface area contributed by atoms with Crippen LogP contribution < -0.4 is 16.4 Å². The lowest BCUT2D eigenvalue weighted by molar-refractivity contribution is 0.205. The molecule has 4 N–H and O–H groups in total. The van der Waals surface area contributed by atoms with Crippen molar-refractivity contribution in [2.24, 2.45) is 16.6 Å². The first-order valence-electron chi connectivity index (χ1n) is 11.4. The number of allylic oxidation sites excluding steroid dienone is 1. The van der Waals surface area contributed by atoms with Crippen molar-refractivity contribution in [3.8, 4) is 6.07 Å². The van der Waals surface area contributed by atoms with Crippen LogP contribution in [0.25, 0.3) is 0 Å². The van der Waals surface area contributed by atoms with Crippen LogP contribution in [-0.4, -0.2) is 55.0 Å². The van der Waals surface area contributed by atoms with Gasteiger partial charge in [-0.25, -0.2) is 13.8 Å². The molecule has 0 aromatic carbocycles. The van der Waals surface area contributed by atoms with Gasteiger partial charge in [-0.3, -0.25) is 0 Å². The van der Waals surface area contributed by atoms with Crippen LogP contribution in [0.3, 0.4) is 0 Å². The average Bonchev–Trinajstić information content (AvgIpc) is 3.49. The molecule has 176 valence electrons. The van der Waals surface area contributed by atoms with Crippen LogP contribution in [0.1, 0.15) is 13.3 Å². The van der Waals surface area contributed by atoms with E-state index < -0.39 is 23.7 Å². The quantitative estimate of drug-likeness (QED) is 0.529. The molecule has 0 saturated carbocycles. The normalized spacial score (nSPS) is 30.7. The molecule has 0 radical (unpaired) electrons. The van der Waals surface area contributed by atoms with Crippen molar-refractivity contribution in [1.82, 2.24) is 15.5 Å². The summed E-state index contributed by atoms with van der Waals surface area (Å²) in [6.45, 7) is 4.52. The number of hydrogen-bond acceptors (Lipinski definition) is 8. The van der Waals surface area contributed by atoms with Gasteiger partial charge in [0.15, 0.2) is 11.8 Å². The Morgan fingerprint density at radius 1 is 1.26 bits per heavy atom. The summed E-state index contributed by atoms with van der Waals surface area (Å²) in [4.78, 5) is 7.26. The number of halogens is 2. The van der Waals surface area contributed by atoms with E-state index >= 15 is 4.39 Å². The summed E-state index contributed by atoms with van der Waals surface area (Å²) >= 11 is 1.23. The van der Waals surface area contributed by atoms with Gasteiger partial charge in [0, 0.05) is 53.7 Å². The summed E-state index contributed by atoms with van der Waals surface area (Å²) < 4.78 is 36.9. The molecule has 3 unspecified atom stereocenters. The second-order valence-electron chi connectivity index (χ2n) is 9.29. The molecule has 0 aromatic rings. The van der Waals surface area contributed by atoms with Gasteiger partial charge >= 0.3 is 0 Å². The van der Waals surface area contributed by atoms with Crippen LogP contribution in [0.2, 0.25) is 0 Å². The Bertz CT molecular complexity index is 1250. The standard InChI is InChI=1S/C24H24F2N6OS/c1-11-2-3-32(7-11)24-30-5-13-14-8-33-9-15(14)18(20(26)21(13)31-24)22-19-12(4-27)17(28)10-34-23(19)16(25)6-29-22/h5-6,11,21-22,29H,2-3,7-10,28H2,1H3,(H,30,31). The first-order valence-corrected chi connectivity index (χ1v) is 12.3. The number of ether oxygens (including phenoxy) is 1. The lowest BCUT2D eigenvalue weighted by atomic mass is 9.78. The maximum absolute atomic E-state index is 16.4. The predicted molar refractivity (Wildman–Crippen MR) is 126 cm³/mol. The summed E-state index contributed by atoms with van der Waals surface area (Å²) in [7, 11) is 0. The minimum atomic E-state index is -0.813. The third-order valence-corrected chi connectivity index (χ3v) is 8.30. The molecule has 1 aliphatic carbocycles. The summed E-state index contributed by atoms with van der Waals surface area (Å²) in [6.07, 6.45) is 4.15. The smallest absolute Gasteiger partial charge is 0.199 e. The van der Waals surface area contributed by atoms with Gasteiger partial charge in [-0.2, -0.15) is 5.26 Å². The van der Waals surface area contributed by atoms with Crippen LogP contribution in [-0.2, 0) is 4.74 Å². The van der Waals surface area contributed by atoms with E-state index in [1.165, 1.54) is 18.0 Å². The Morgan fingerprint density at radius 3 is 2.85 bits per heavy atom. The summed E-state index contributed by atoms with van der Waals surface area (Å²) in [5, 5.41) is 16.1. The number of nitrogens with zero attached hydrogens (tertiary/aromatic N) is 3. The molecule has 6 rings (SSSR count). The molecule has 0 amide bonds. The number of nitrogens with two attached hydrogens (primary N) is 1. The molecule has 5 heterocycles. The van der Waals surface area contributed by atoms with E-state index in [-0.39, 0.29) is 12.2 Å². The first-order chi connectivity index (χ1) is 16.5. The van der Waals surface area contributed by atoms with Crippen LogP contribution in [0, 0.1) is 17.2 Å². The Morgan fingerprint density at radius 2 is 2.09 bits per heavy atom. The molecule has 7 nitrogen and oxygen atoms in total. The minimum absolute atomic E-state index is 0.206. The largest absolute Gasteiger partial charge is 0.400 e. The van der Waals surface area contributed by atoms with Crippen LogP contribution in [0.15, 0.2) is 73.1 Å². The Hall–Kier alpha value is -3.03. The van der Waals surface area contributed by atoms with Crippen LogP contribution >= 0.6 is 11.8 Å². The second-order valence-corrected chi connectivity index (χ2v) is 10.3. The Balaban J connectivity index is 1.47. The van der Waals surface area contributed by atoms with Crippen molar-refractivity contribution < 1.29 is 13.5 Å². The van der Waals surface area contributed by atoms with Gasteiger partial charge in [0.2, 0.25) is 0 Å². The van der Waals surface area contributed by atoms with Crippen molar-refractivity contribution in [1.29, 1.82) is 5.26 Å².